The largest absolute Gasteiger partial charge is 0.388 e. The minimum atomic E-state index is 0.443. The topological polar surface area (TPSA) is 36.1 Å². The van der Waals surface area contributed by atoms with E-state index in [4.69, 9.17) is 0 Å². The first-order valence-corrected chi connectivity index (χ1v) is 5.08. The van der Waals surface area contributed by atoms with Crippen LogP contribution in [-0.2, 0) is 0 Å². The summed E-state index contributed by atoms with van der Waals surface area (Å²) in [5.41, 5.74) is 9.04. The normalized spacial score (nSPS) is 26.4. The maximum atomic E-state index is 3.30. The van der Waals surface area contributed by atoms with Gasteiger partial charge in [0.05, 0.1) is 0 Å². The van der Waals surface area contributed by atoms with Crippen LogP contribution < -0.4 is 16.2 Å². The van der Waals surface area contributed by atoms with Crippen LogP contribution in [-0.4, -0.2) is 13.1 Å². The Balaban J connectivity index is 2.15. The highest BCUT2D eigenvalue weighted by Gasteiger charge is 2.21. The maximum Gasteiger partial charge on any atom is 0.0478 e. The maximum absolute atomic E-state index is 3.30. The Labute approximate surface area is 84.9 Å². The van der Waals surface area contributed by atoms with E-state index in [0.29, 0.717) is 12.1 Å². The Morgan fingerprint density at radius 2 is 2.21 bits per heavy atom. The van der Waals surface area contributed by atoms with E-state index in [2.05, 4.69) is 47.4 Å². The molecule has 0 saturated carbocycles. The standard InChI is InChI=1S/C11H17N3/c1-8-6-11(14-13-8)9-4-3-5-10(7-9)12-2/h3-5,7-8,11-14H,6H2,1-2H3. The zero-order chi connectivity index (χ0) is 9.97. The summed E-state index contributed by atoms with van der Waals surface area (Å²) in [5.74, 6) is 0. The molecular formula is C11H17N3. The molecule has 0 aliphatic carbocycles. The fourth-order valence-corrected chi connectivity index (χ4v) is 1.84. The highest BCUT2D eigenvalue weighted by atomic mass is 15.4. The van der Waals surface area contributed by atoms with E-state index in [1.807, 2.05) is 7.05 Å². The molecule has 1 aliphatic rings. The van der Waals surface area contributed by atoms with Crippen LogP contribution in [0.1, 0.15) is 24.9 Å². The average molecular weight is 191 g/mol. The van der Waals surface area contributed by atoms with Crippen molar-refractivity contribution in [3.05, 3.63) is 29.8 Å². The van der Waals surface area contributed by atoms with Crippen molar-refractivity contribution in [2.24, 2.45) is 0 Å². The van der Waals surface area contributed by atoms with Gasteiger partial charge in [0.25, 0.3) is 0 Å². The molecule has 0 aromatic heterocycles. The van der Waals surface area contributed by atoms with Crippen LogP contribution >= 0.6 is 0 Å². The van der Waals surface area contributed by atoms with Crippen LogP contribution in [0.5, 0.6) is 0 Å². The van der Waals surface area contributed by atoms with Gasteiger partial charge in [0.2, 0.25) is 0 Å². The third-order valence-corrected chi connectivity index (χ3v) is 2.67. The third kappa shape index (κ3) is 1.89. The summed E-state index contributed by atoms with van der Waals surface area (Å²) in [4.78, 5) is 0. The van der Waals surface area contributed by atoms with Crippen molar-refractivity contribution in [1.82, 2.24) is 10.9 Å². The molecule has 0 bridgehead atoms. The van der Waals surface area contributed by atoms with Gasteiger partial charge in [-0.1, -0.05) is 12.1 Å². The molecule has 3 N–H and O–H groups in total. The fraction of sp³-hybridized carbons (Fsp3) is 0.455. The second-order valence-electron chi connectivity index (χ2n) is 3.85. The first-order valence-electron chi connectivity index (χ1n) is 5.08. The van der Waals surface area contributed by atoms with Gasteiger partial charge < -0.3 is 5.32 Å². The molecule has 0 radical (unpaired) electrons. The highest BCUT2D eigenvalue weighted by Crippen LogP contribution is 2.23. The highest BCUT2D eigenvalue weighted by molar-refractivity contribution is 5.45. The molecule has 2 rings (SSSR count). The SMILES string of the molecule is CNc1cccc(C2CC(C)NN2)c1. The number of hydrogen-bond donors (Lipinski definition) is 3. The van der Waals surface area contributed by atoms with E-state index in [-0.39, 0.29) is 0 Å². The van der Waals surface area contributed by atoms with Gasteiger partial charge in [-0.2, -0.15) is 0 Å². The quantitative estimate of drug-likeness (QED) is 0.665. The summed E-state index contributed by atoms with van der Waals surface area (Å²) in [6.45, 7) is 2.19. The van der Waals surface area contributed by atoms with Crippen molar-refractivity contribution in [3.63, 3.8) is 0 Å². The molecule has 0 spiro atoms. The monoisotopic (exact) mass is 191 g/mol. The first-order chi connectivity index (χ1) is 6.79. The van der Waals surface area contributed by atoms with Crippen LogP contribution in [0, 0.1) is 0 Å². The molecule has 76 valence electrons. The van der Waals surface area contributed by atoms with Gasteiger partial charge in [-0.15, -0.1) is 0 Å². The summed E-state index contributed by atoms with van der Waals surface area (Å²) in [6.07, 6.45) is 1.15. The molecule has 14 heavy (non-hydrogen) atoms. The van der Waals surface area contributed by atoms with Crippen molar-refractivity contribution >= 4 is 5.69 Å². The molecule has 1 fully saturated rings. The second kappa shape index (κ2) is 3.98. The molecule has 2 unspecified atom stereocenters. The summed E-state index contributed by atoms with van der Waals surface area (Å²) < 4.78 is 0. The zero-order valence-corrected chi connectivity index (χ0v) is 8.67. The molecule has 2 atom stereocenters. The second-order valence-corrected chi connectivity index (χ2v) is 3.85. The Hall–Kier alpha value is -1.06. The minimum Gasteiger partial charge on any atom is -0.388 e. The smallest absolute Gasteiger partial charge is 0.0478 e. The summed E-state index contributed by atoms with van der Waals surface area (Å²) in [6, 6.07) is 9.52. The molecule has 1 heterocycles. The lowest BCUT2D eigenvalue weighted by atomic mass is 10.0. The number of hydrogen-bond acceptors (Lipinski definition) is 3. The molecule has 0 amide bonds. The van der Waals surface area contributed by atoms with Crippen molar-refractivity contribution < 1.29 is 0 Å². The fourth-order valence-electron chi connectivity index (χ4n) is 1.84. The van der Waals surface area contributed by atoms with Gasteiger partial charge in [0.15, 0.2) is 0 Å². The number of nitrogens with one attached hydrogen (secondary N) is 3. The first kappa shape index (κ1) is 9.49. The number of rotatable bonds is 2. The third-order valence-electron chi connectivity index (χ3n) is 2.67. The van der Waals surface area contributed by atoms with Gasteiger partial charge in [-0.3, -0.25) is 10.9 Å². The number of hydrazine groups is 1. The lowest BCUT2D eigenvalue weighted by molar-refractivity contribution is 0.560. The van der Waals surface area contributed by atoms with Crippen molar-refractivity contribution in [3.8, 4) is 0 Å². The van der Waals surface area contributed by atoms with E-state index >= 15 is 0 Å². The van der Waals surface area contributed by atoms with E-state index in [1.165, 1.54) is 11.3 Å². The van der Waals surface area contributed by atoms with Gasteiger partial charge in [0, 0.05) is 24.8 Å². The van der Waals surface area contributed by atoms with Crippen molar-refractivity contribution in [1.29, 1.82) is 0 Å². The van der Waals surface area contributed by atoms with E-state index in [0.717, 1.165) is 6.42 Å². The van der Waals surface area contributed by atoms with Crippen LogP contribution in [0.2, 0.25) is 0 Å². The minimum absolute atomic E-state index is 0.443. The summed E-state index contributed by atoms with van der Waals surface area (Å²) in [7, 11) is 1.95. The predicted octanol–water partition coefficient (Wildman–Crippen LogP) is 1.66. The van der Waals surface area contributed by atoms with Gasteiger partial charge >= 0.3 is 0 Å². The lowest BCUT2D eigenvalue weighted by Gasteiger charge is -2.11. The van der Waals surface area contributed by atoms with Crippen LogP contribution in [0.15, 0.2) is 24.3 Å². The van der Waals surface area contributed by atoms with Crippen molar-refractivity contribution in [2.45, 2.75) is 25.4 Å². The van der Waals surface area contributed by atoms with Crippen molar-refractivity contribution in [2.75, 3.05) is 12.4 Å². The molecular weight excluding hydrogens is 174 g/mol. The molecule has 1 saturated heterocycles. The van der Waals surface area contributed by atoms with Crippen LogP contribution in [0.25, 0.3) is 0 Å². The number of anilines is 1. The Kier molecular flexibility index (Phi) is 2.70. The number of benzene rings is 1. The van der Waals surface area contributed by atoms with E-state index in [1.54, 1.807) is 0 Å². The lowest BCUT2D eigenvalue weighted by Crippen LogP contribution is -2.28. The summed E-state index contributed by atoms with van der Waals surface area (Å²) in [5, 5.41) is 3.15. The van der Waals surface area contributed by atoms with E-state index in [9.17, 15) is 0 Å². The molecule has 1 aromatic rings. The summed E-state index contributed by atoms with van der Waals surface area (Å²) >= 11 is 0. The van der Waals surface area contributed by atoms with Gasteiger partial charge in [0.1, 0.15) is 0 Å². The van der Waals surface area contributed by atoms with Crippen LogP contribution in [0.3, 0.4) is 0 Å². The molecule has 3 heteroatoms. The predicted molar refractivity (Wildman–Crippen MR) is 59.1 cm³/mol. The Bertz CT molecular complexity index is 311. The Morgan fingerprint density at radius 1 is 1.36 bits per heavy atom. The molecule has 3 nitrogen and oxygen atoms in total. The zero-order valence-electron chi connectivity index (χ0n) is 8.67. The molecule has 1 aliphatic heterocycles. The van der Waals surface area contributed by atoms with E-state index < -0.39 is 0 Å². The average Bonchev–Trinajstić information content (AvgIpc) is 2.65. The van der Waals surface area contributed by atoms with Gasteiger partial charge in [-0.25, -0.2) is 0 Å². The van der Waals surface area contributed by atoms with Gasteiger partial charge in [-0.05, 0) is 31.0 Å². The van der Waals surface area contributed by atoms with Crippen LogP contribution in [0.4, 0.5) is 5.69 Å². The molecule has 1 aromatic carbocycles. The Morgan fingerprint density at radius 3 is 2.86 bits per heavy atom.